The number of ether oxygens (including phenoxy) is 1. The molecule has 3 atom stereocenters. The average molecular weight is 349 g/mol. The summed E-state index contributed by atoms with van der Waals surface area (Å²) in [5.74, 6) is -0.350. The summed E-state index contributed by atoms with van der Waals surface area (Å²) < 4.78 is 4.96. The maximum atomic E-state index is 12.0. The number of hydrogen-bond donors (Lipinski definition) is 2. The molecule has 3 N–H and O–H groups in total. The molecular formula is C17H23N3O5. The summed E-state index contributed by atoms with van der Waals surface area (Å²) in [7, 11) is 0. The Morgan fingerprint density at radius 3 is 2.76 bits per heavy atom. The molecule has 1 aromatic rings. The highest BCUT2D eigenvalue weighted by atomic mass is 16.6. The van der Waals surface area contributed by atoms with Gasteiger partial charge in [-0.25, -0.2) is 4.79 Å². The molecule has 8 heteroatoms. The van der Waals surface area contributed by atoms with Gasteiger partial charge in [0.15, 0.2) is 6.61 Å². The predicted molar refractivity (Wildman–Crippen MR) is 91.9 cm³/mol. The summed E-state index contributed by atoms with van der Waals surface area (Å²) in [4.78, 5) is 34.2. The van der Waals surface area contributed by atoms with E-state index < -0.39 is 17.5 Å². The molecule has 0 radical (unpaired) electrons. The van der Waals surface area contributed by atoms with Gasteiger partial charge in [-0.05, 0) is 24.3 Å². The van der Waals surface area contributed by atoms with E-state index in [1.165, 1.54) is 12.1 Å². The molecule has 0 bridgehead atoms. The Labute approximate surface area is 145 Å². The highest BCUT2D eigenvalue weighted by Gasteiger charge is 2.28. The second-order valence-electron chi connectivity index (χ2n) is 6.55. The maximum Gasteiger partial charge on any atom is 0.341 e. The molecule has 0 aliphatic heterocycles. The third-order valence-corrected chi connectivity index (χ3v) is 4.86. The molecule has 1 aliphatic rings. The van der Waals surface area contributed by atoms with Gasteiger partial charge in [-0.3, -0.25) is 14.9 Å². The van der Waals surface area contributed by atoms with Crippen LogP contribution in [0.1, 0.15) is 43.5 Å². The van der Waals surface area contributed by atoms with Crippen LogP contribution in [-0.4, -0.2) is 29.4 Å². The fourth-order valence-corrected chi connectivity index (χ4v) is 3.08. The van der Waals surface area contributed by atoms with E-state index in [1.807, 2.05) is 0 Å². The van der Waals surface area contributed by atoms with Crippen LogP contribution in [0.2, 0.25) is 0 Å². The quantitative estimate of drug-likeness (QED) is 0.364. The van der Waals surface area contributed by atoms with Crippen LogP contribution in [0.5, 0.6) is 0 Å². The van der Waals surface area contributed by atoms with Crippen molar-refractivity contribution < 1.29 is 19.2 Å². The molecule has 8 nitrogen and oxygen atoms in total. The number of anilines is 1. The van der Waals surface area contributed by atoms with Crippen molar-refractivity contribution in [3.8, 4) is 0 Å². The van der Waals surface area contributed by atoms with E-state index in [0.717, 1.165) is 25.3 Å². The zero-order valence-electron chi connectivity index (χ0n) is 14.4. The molecule has 0 unspecified atom stereocenters. The van der Waals surface area contributed by atoms with E-state index in [1.54, 1.807) is 0 Å². The number of nitrogen functional groups attached to an aromatic ring is 1. The lowest BCUT2D eigenvalue weighted by atomic mass is 9.78. The second kappa shape index (κ2) is 7.96. The summed E-state index contributed by atoms with van der Waals surface area (Å²) in [6, 6.07) is 3.57. The Morgan fingerprint density at radius 1 is 1.36 bits per heavy atom. The first-order chi connectivity index (χ1) is 11.8. The van der Waals surface area contributed by atoms with Crippen molar-refractivity contribution >= 4 is 23.3 Å². The summed E-state index contributed by atoms with van der Waals surface area (Å²) >= 11 is 0. The minimum Gasteiger partial charge on any atom is -0.452 e. The number of carbonyl (C=O) groups excluding carboxylic acids is 2. The first kappa shape index (κ1) is 18.7. The molecule has 1 saturated carbocycles. The summed E-state index contributed by atoms with van der Waals surface area (Å²) in [5.41, 5.74) is 5.33. The van der Waals surface area contributed by atoms with Crippen molar-refractivity contribution in [1.29, 1.82) is 0 Å². The smallest absolute Gasteiger partial charge is 0.341 e. The Bertz CT molecular complexity index is 676. The fraction of sp³-hybridized carbons (Fsp3) is 0.529. The van der Waals surface area contributed by atoms with Crippen LogP contribution in [0.25, 0.3) is 0 Å². The number of esters is 1. The summed E-state index contributed by atoms with van der Waals surface area (Å²) in [6.45, 7) is 3.82. The molecule has 0 spiro atoms. The molecule has 1 fully saturated rings. The van der Waals surface area contributed by atoms with E-state index in [4.69, 9.17) is 10.5 Å². The van der Waals surface area contributed by atoms with Gasteiger partial charge in [-0.15, -0.1) is 0 Å². The number of hydrogen-bond acceptors (Lipinski definition) is 6. The Kier molecular flexibility index (Phi) is 5.95. The van der Waals surface area contributed by atoms with Gasteiger partial charge in [0.25, 0.3) is 11.6 Å². The van der Waals surface area contributed by atoms with Crippen LogP contribution in [0.3, 0.4) is 0 Å². The molecule has 0 saturated heterocycles. The third kappa shape index (κ3) is 4.68. The van der Waals surface area contributed by atoms with Crippen molar-refractivity contribution in [3.63, 3.8) is 0 Å². The topological polar surface area (TPSA) is 125 Å². The van der Waals surface area contributed by atoms with Gasteiger partial charge < -0.3 is 15.8 Å². The van der Waals surface area contributed by atoms with Gasteiger partial charge in [0.1, 0.15) is 0 Å². The van der Waals surface area contributed by atoms with Crippen LogP contribution in [-0.2, 0) is 9.53 Å². The summed E-state index contributed by atoms with van der Waals surface area (Å²) in [5, 5.41) is 13.7. The Morgan fingerprint density at radius 2 is 2.08 bits per heavy atom. The van der Waals surface area contributed by atoms with E-state index in [-0.39, 0.29) is 28.9 Å². The highest BCUT2D eigenvalue weighted by molar-refractivity contribution is 5.97. The molecule has 25 heavy (non-hydrogen) atoms. The van der Waals surface area contributed by atoms with Gasteiger partial charge in [0.05, 0.1) is 10.5 Å². The molecule has 1 aliphatic carbocycles. The van der Waals surface area contributed by atoms with Crippen molar-refractivity contribution in [2.24, 2.45) is 11.8 Å². The number of carbonyl (C=O) groups is 2. The van der Waals surface area contributed by atoms with Crippen LogP contribution in [0.15, 0.2) is 18.2 Å². The Hall–Kier alpha value is -2.64. The lowest BCUT2D eigenvalue weighted by Crippen LogP contribution is -2.45. The summed E-state index contributed by atoms with van der Waals surface area (Å²) in [6.07, 6.45) is 3.11. The minimum absolute atomic E-state index is 0.0609. The molecule has 0 aromatic heterocycles. The number of non-ortho nitro benzene ring substituents is 1. The molecular weight excluding hydrogens is 326 g/mol. The average Bonchev–Trinajstić information content (AvgIpc) is 2.57. The predicted octanol–water partition coefficient (Wildman–Crippen LogP) is 2.27. The number of amides is 1. The fourth-order valence-electron chi connectivity index (χ4n) is 3.08. The van der Waals surface area contributed by atoms with Gasteiger partial charge in [0.2, 0.25) is 0 Å². The van der Waals surface area contributed by atoms with Crippen LogP contribution in [0.4, 0.5) is 11.4 Å². The first-order valence-corrected chi connectivity index (χ1v) is 8.30. The maximum absolute atomic E-state index is 12.0. The van der Waals surface area contributed by atoms with E-state index in [2.05, 4.69) is 19.2 Å². The number of benzene rings is 1. The number of nitro benzene ring substituents is 1. The lowest BCUT2D eigenvalue weighted by Gasteiger charge is -2.34. The normalized spacial score (nSPS) is 22.9. The third-order valence-electron chi connectivity index (χ3n) is 4.86. The zero-order valence-corrected chi connectivity index (χ0v) is 14.4. The first-order valence-electron chi connectivity index (χ1n) is 8.30. The highest BCUT2D eigenvalue weighted by Crippen LogP contribution is 2.29. The minimum atomic E-state index is -0.860. The van der Waals surface area contributed by atoms with Crippen LogP contribution in [0, 0.1) is 22.0 Å². The van der Waals surface area contributed by atoms with Gasteiger partial charge >= 0.3 is 5.97 Å². The van der Waals surface area contributed by atoms with Gasteiger partial charge in [-0.1, -0.05) is 26.7 Å². The molecule has 136 valence electrons. The number of rotatable bonds is 5. The zero-order chi connectivity index (χ0) is 18.6. The van der Waals surface area contributed by atoms with Crippen molar-refractivity contribution in [1.82, 2.24) is 5.32 Å². The van der Waals surface area contributed by atoms with E-state index in [9.17, 15) is 19.7 Å². The molecule has 1 amide bonds. The molecule has 0 heterocycles. The standard InChI is InChI=1S/C17H23N3O5/c1-10-4-3-5-15(11(10)2)19-16(21)9-25-17(22)13-8-12(20(23)24)6-7-14(13)18/h6-8,10-11,15H,3-5,9,18H2,1-2H3,(H,19,21)/t10-,11-,15-/m1/s1. The Balaban J connectivity index is 1.92. The SMILES string of the molecule is C[C@@H]1[C@H](C)CCC[C@H]1NC(=O)COC(=O)c1cc([N+](=O)[O-])ccc1N. The number of nitrogens with zero attached hydrogens (tertiary/aromatic N) is 1. The lowest BCUT2D eigenvalue weighted by molar-refractivity contribution is -0.384. The number of nitrogens with one attached hydrogen (secondary N) is 1. The van der Waals surface area contributed by atoms with Gasteiger partial charge in [0, 0.05) is 23.9 Å². The van der Waals surface area contributed by atoms with Crippen molar-refractivity contribution in [2.45, 2.75) is 39.2 Å². The van der Waals surface area contributed by atoms with Gasteiger partial charge in [-0.2, -0.15) is 0 Å². The largest absolute Gasteiger partial charge is 0.452 e. The monoisotopic (exact) mass is 349 g/mol. The van der Waals surface area contributed by atoms with E-state index >= 15 is 0 Å². The molecule has 2 rings (SSSR count). The van der Waals surface area contributed by atoms with E-state index in [0.29, 0.717) is 11.8 Å². The van der Waals surface area contributed by atoms with Crippen molar-refractivity contribution in [2.75, 3.05) is 12.3 Å². The number of nitro groups is 1. The van der Waals surface area contributed by atoms with Crippen LogP contribution >= 0.6 is 0 Å². The molecule has 1 aromatic carbocycles. The van der Waals surface area contributed by atoms with Crippen molar-refractivity contribution in [3.05, 3.63) is 33.9 Å². The second-order valence-corrected chi connectivity index (χ2v) is 6.55. The number of nitrogens with two attached hydrogens (primary N) is 1. The van der Waals surface area contributed by atoms with Crippen LogP contribution < -0.4 is 11.1 Å².